The predicted octanol–water partition coefficient (Wildman–Crippen LogP) is 1.45. The second kappa shape index (κ2) is 6.13. The Morgan fingerprint density at radius 1 is 1.50 bits per heavy atom. The van der Waals surface area contributed by atoms with E-state index in [9.17, 15) is 9.59 Å². The van der Waals surface area contributed by atoms with Crippen LogP contribution in [-0.4, -0.2) is 46.5 Å². The number of thioether (sulfide) groups is 1. The van der Waals surface area contributed by atoms with E-state index in [1.54, 1.807) is 16.7 Å². The molecular weight excluding hydrogens is 226 g/mol. The van der Waals surface area contributed by atoms with Gasteiger partial charge in [-0.1, -0.05) is 0 Å². The van der Waals surface area contributed by atoms with Crippen LogP contribution in [0.5, 0.6) is 0 Å². The van der Waals surface area contributed by atoms with E-state index in [4.69, 9.17) is 5.11 Å². The van der Waals surface area contributed by atoms with Gasteiger partial charge < -0.3 is 10.0 Å². The normalized spacial score (nSPS) is 25.5. The lowest BCUT2D eigenvalue weighted by Gasteiger charge is -2.37. The molecule has 5 heteroatoms. The van der Waals surface area contributed by atoms with Crippen molar-refractivity contribution in [2.75, 3.05) is 18.6 Å². The maximum atomic E-state index is 11.9. The van der Waals surface area contributed by atoms with Gasteiger partial charge in [0.25, 0.3) is 0 Å². The maximum Gasteiger partial charge on any atom is 0.308 e. The van der Waals surface area contributed by atoms with Crippen LogP contribution in [0.2, 0.25) is 0 Å². The van der Waals surface area contributed by atoms with Gasteiger partial charge >= 0.3 is 5.97 Å². The van der Waals surface area contributed by atoms with Crippen molar-refractivity contribution in [2.45, 2.75) is 32.2 Å². The van der Waals surface area contributed by atoms with E-state index in [0.717, 1.165) is 12.2 Å². The molecule has 1 fully saturated rings. The summed E-state index contributed by atoms with van der Waals surface area (Å²) in [4.78, 5) is 24.6. The topological polar surface area (TPSA) is 57.6 Å². The highest BCUT2D eigenvalue weighted by molar-refractivity contribution is 7.98. The van der Waals surface area contributed by atoms with Gasteiger partial charge in [-0.25, -0.2) is 0 Å². The number of amides is 1. The SMILES string of the molecule is CSCCC(=O)N1CCC[C@H](C(=O)O)[C@@H]1C. The molecule has 1 heterocycles. The van der Waals surface area contributed by atoms with Crippen LogP contribution >= 0.6 is 11.8 Å². The van der Waals surface area contributed by atoms with E-state index in [1.165, 1.54) is 0 Å². The monoisotopic (exact) mass is 245 g/mol. The molecule has 0 aromatic rings. The smallest absolute Gasteiger partial charge is 0.308 e. The molecule has 0 aromatic carbocycles. The van der Waals surface area contributed by atoms with Crippen molar-refractivity contribution in [3.05, 3.63) is 0 Å². The molecule has 0 radical (unpaired) electrons. The molecule has 16 heavy (non-hydrogen) atoms. The van der Waals surface area contributed by atoms with Crippen molar-refractivity contribution in [2.24, 2.45) is 5.92 Å². The quantitative estimate of drug-likeness (QED) is 0.814. The number of rotatable bonds is 4. The van der Waals surface area contributed by atoms with Gasteiger partial charge in [-0.3, -0.25) is 9.59 Å². The number of likely N-dealkylation sites (tertiary alicyclic amines) is 1. The zero-order chi connectivity index (χ0) is 12.1. The number of hydrogen-bond acceptors (Lipinski definition) is 3. The van der Waals surface area contributed by atoms with E-state index in [2.05, 4.69) is 0 Å². The first-order valence-electron chi connectivity index (χ1n) is 5.59. The number of carbonyl (C=O) groups is 2. The average molecular weight is 245 g/mol. The van der Waals surface area contributed by atoms with Crippen molar-refractivity contribution in [3.63, 3.8) is 0 Å². The number of carboxylic acids is 1. The second-order valence-corrected chi connectivity index (χ2v) is 5.14. The van der Waals surface area contributed by atoms with Gasteiger partial charge in [0, 0.05) is 24.8 Å². The first kappa shape index (κ1) is 13.4. The molecule has 1 rings (SSSR count). The molecule has 0 unspecified atom stereocenters. The van der Waals surface area contributed by atoms with E-state index in [-0.39, 0.29) is 11.9 Å². The van der Waals surface area contributed by atoms with Crippen molar-refractivity contribution in [1.82, 2.24) is 4.90 Å². The fourth-order valence-electron chi connectivity index (χ4n) is 2.16. The molecule has 1 aliphatic rings. The lowest BCUT2D eigenvalue weighted by atomic mass is 9.90. The van der Waals surface area contributed by atoms with E-state index in [1.807, 2.05) is 13.2 Å². The number of nitrogens with zero attached hydrogens (tertiary/aromatic N) is 1. The number of aliphatic carboxylic acids is 1. The molecule has 0 spiro atoms. The Morgan fingerprint density at radius 3 is 2.75 bits per heavy atom. The highest BCUT2D eigenvalue weighted by Crippen LogP contribution is 2.24. The number of carboxylic acid groups (broad SMARTS) is 1. The van der Waals surface area contributed by atoms with E-state index >= 15 is 0 Å². The van der Waals surface area contributed by atoms with Crippen LogP contribution in [-0.2, 0) is 9.59 Å². The zero-order valence-corrected chi connectivity index (χ0v) is 10.6. The Kier molecular flexibility index (Phi) is 5.12. The largest absolute Gasteiger partial charge is 0.481 e. The Labute approximate surface area is 100 Å². The molecule has 92 valence electrons. The van der Waals surface area contributed by atoms with E-state index in [0.29, 0.717) is 19.4 Å². The van der Waals surface area contributed by atoms with Crippen LogP contribution in [0.3, 0.4) is 0 Å². The Morgan fingerprint density at radius 2 is 2.19 bits per heavy atom. The minimum atomic E-state index is -0.783. The first-order chi connectivity index (χ1) is 7.57. The van der Waals surface area contributed by atoms with Crippen LogP contribution in [0.4, 0.5) is 0 Å². The van der Waals surface area contributed by atoms with Gasteiger partial charge in [-0.2, -0.15) is 11.8 Å². The van der Waals surface area contributed by atoms with Crippen LogP contribution in [0.25, 0.3) is 0 Å². The van der Waals surface area contributed by atoms with Gasteiger partial charge in [0.15, 0.2) is 0 Å². The summed E-state index contributed by atoms with van der Waals surface area (Å²) in [5.74, 6) is -0.283. The van der Waals surface area contributed by atoms with Gasteiger partial charge in [0.05, 0.1) is 5.92 Å². The van der Waals surface area contributed by atoms with Crippen molar-refractivity contribution < 1.29 is 14.7 Å². The predicted molar refractivity (Wildman–Crippen MR) is 64.5 cm³/mol. The molecule has 1 aliphatic heterocycles. The Bertz CT molecular complexity index is 270. The Hall–Kier alpha value is -0.710. The number of carbonyl (C=O) groups excluding carboxylic acids is 1. The van der Waals surface area contributed by atoms with Crippen LogP contribution in [0, 0.1) is 5.92 Å². The molecule has 1 N–H and O–H groups in total. The van der Waals surface area contributed by atoms with Gasteiger partial charge in [0.2, 0.25) is 5.91 Å². The lowest BCUT2D eigenvalue weighted by Crippen LogP contribution is -2.49. The number of piperidine rings is 1. The third-order valence-electron chi connectivity index (χ3n) is 3.15. The zero-order valence-electron chi connectivity index (χ0n) is 9.81. The van der Waals surface area contributed by atoms with Crippen LogP contribution < -0.4 is 0 Å². The summed E-state index contributed by atoms with van der Waals surface area (Å²) in [6.45, 7) is 2.55. The van der Waals surface area contributed by atoms with Gasteiger partial charge in [-0.15, -0.1) is 0 Å². The van der Waals surface area contributed by atoms with Crippen molar-refractivity contribution in [1.29, 1.82) is 0 Å². The molecule has 1 saturated heterocycles. The van der Waals surface area contributed by atoms with Crippen LogP contribution in [0.15, 0.2) is 0 Å². The summed E-state index contributed by atoms with van der Waals surface area (Å²) in [5.41, 5.74) is 0. The summed E-state index contributed by atoms with van der Waals surface area (Å²) < 4.78 is 0. The maximum absolute atomic E-state index is 11.9. The molecule has 2 atom stereocenters. The average Bonchev–Trinajstić information content (AvgIpc) is 2.25. The summed E-state index contributed by atoms with van der Waals surface area (Å²) in [6.07, 6.45) is 3.96. The fraction of sp³-hybridized carbons (Fsp3) is 0.818. The molecule has 1 amide bonds. The molecule has 0 aliphatic carbocycles. The highest BCUT2D eigenvalue weighted by atomic mass is 32.2. The third-order valence-corrected chi connectivity index (χ3v) is 3.76. The van der Waals surface area contributed by atoms with E-state index < -0.39 is 11.9 Å². The second-order valence-electron chi connectivity index (χ2n) is 4.16. The van der Waals surface area contributed by atoms with Gasteiger partial charge in [-0.05, 0) is 26.0 Å². The molecule has 0 saturated carbocycles. The molecule has 4 nitrogen and oxygen atoms in total. The van der Waals surface area contributed by atoms with Crippen molar-refractivity contribution in [3.8, 4) is 0 Å². The summed E-state index contributed by atoms with van der Waals surface area (Å²) >= 11 is 1.64. The Balaban J connectivity index is 2.59. The van der Waals surface area contributed by atoms with Gasteiger partial charge in [0.1, 0.15) is 0 Å². The molecule has 0 aromatic heterocycles. The standard InChI is InChI=1S/C11H19NO3S/c1-8-9(11(14)15)4-3-6-12(8)10(13)5-7-16-2/h8-9H,3-7H2,1-2H3,(H,14,15)/t8-,9-/m0/s1. The minimum absolute atomic E-state index is 0.0906. The minimum Gasteiger partial charge on any atom is -0.481 e. The lowest BCUT2D eigenvalue weighted by molar-refractivity contribution is -0.148. The summed E-state index contributed by atoms with van der Waals surface area (Å²) in [7, 11) is 0. The highest BCUT2D eigenvalue weighted by Gasteiger charge is 2.34. The fourth-order valence-corrected chi connectivity index (χ4v) is 2.54. The van der Waals surface area contributed by atoms with Crippen LogP contribution in [0.1, 0.15) is 26.2 Å². The summed E-state index contributed by atoms with van der Waals surface area (Å²) in [5, 5.41) is 9.04. The first-order valence-corrected chi connectivity index (χ1v) is 6.98. The summed E-state index contributed by atoms with van der Waals surface area (Å²) in [6, 6.07) is -0.166. The third kappa shape index (κ3) is 3.14. The van der Waals surface area contributed by atoms with Crippen molar-refractivity contribution >= 4 is 23.6 Å². The molecular formula is C11H19NO3S. The number of hydrogen-bond donors (Lipinski definition) is 1. The molecule has 0 bridgehead atoms.